The molecule has 0 saturated heterocycles. The number of methoxy groups -OCH3 is 1. The third-order valence-electron chi connectivity index (χ3n) is 2.39. The molecule has 0 aromatic heterocycles. The average molecular weight is 257 g/mol. The maximum Gasteiger partial charge on any atom is 0.149 e. The number of aryl methyl sites for hydroxylation is 1. The Bertz CT molecular complexity index is 483. The Labute approximate surface area is 103 Å². The standard InChI is InChI=1S/C12H19NO3S/c1-9-7-11(16-3)5-6-12(9)13-10(2)8-17(4,14)15/h5-7,10,13H,8H2,1-4H3. The van der Waals surface area contributed by atoms with Gasteiger partial charge in [0.2, 0.25) is 0 Å². The van der Waals surface area contributed by atoms with Crippen molar-refractivity contribution in [3.8, 4) is 5.75 Å². The molecule has 5 heteroatoms. The van der Waals surface area contributed by atoms with E-state index in [2.05, 4.69) is 5.32 Å². The topological polar surface area (TPSA) is 55.4 Å². The van der Waals surface area contributed by atoms with Crippen molar-refractivity contribution < 1.29 is 13.2 Å². The minimum absolute atomic E-state index is 0.114. The van der Waals surface area contributed by atoms with E-state index in [-0.39, 0.29) is 11.8 Å². The van der Waals surface area contributed by atoms with Gasteiger partial charge in [-0.1, -0.05) is 0 Å². The molecule has 0 amide bonds. The van der Waals surface area contributed by atoms with Crippen molar-refractivity contribution in [2.45, 2.75) is 19.9 Å². The first-order chi connectivity index (χ1) is 7.81. The highest BCUT2D eigenvalue weighted by molar-refractivity contribution is 7.90. The molecule has 0 radical (unpaired) electrons. The van der Waals surface area contributed by atoms with Crippen molar-refractivity contribution in [2.75, 3.05) is 24.4 Å². The van der Waals surface area contributed by atoms with Gasteiger partial charge in [-0.05, 0) is 37.6 Å². The second-order valence-electron chi connectivity index (χ2n) is 4.32. The summed E-state index contributed by atoms with van der Waals surface area (Å²) in [4.78, 5) is 0. The number of hydrogen-bond donors (Lipinski definition) is 1. The molecule has 0 aliphatic carbocycles. The molecule has 0 saturated carbocycles. The van der Waals surface area contributed by atoms with E-state index in [0.717, 1.165) is 17.0 Å². The summed E-state index contributed by atoms with van der Waals surface area (Å²) < 4.78 is 27.4. The summed E-state index contributed by atoms with van der Waals surface area (Å²) in [7, 11) is -1.34. The average Bonchev–Trinajstić information content (AvgIpc) is 2.18. The van der Waals surface area contributed by atoms with E-state index in [0.29, 0.717) is 0 Å². The normalized spacial score (nSPS) is 13.2. The van der Waals surface area contributed by atoms with E-state index in [9.17, 15) is 8.42 Å². The third-order valence-corrected chi connectivity index (χ3v) is 3.49. The maximum absolute atomic E-state index is 11.2. The molecule has 0 fully saturated rings. The molecule has 17 heavy (non-hydrogen) atoms. The largest absolute Gasteiger partial charge is 0.497 e. The molecule has 0 aliphatic heterocycles. The van der Waals surface area contributed by atoms with Gasteiger partial charge in [0.1, 0.15) is 15.6 Å². The molecule has 1 aromatic carbocycles. The number of anilines is 1. The van der Waals surface area contributed by atoms with E-state index in [1.165, 1.54) is 6.26 Å². The highest BCUT2D eigenvalue weighted by Gasteiger charge is 2.11. The third kappa shape index (κ3) is 4.65. The van der Waals surface area contributed by atoms with Gasteiger partial charge in [0, 0.05) is 18.0 Å². The van der Waals surface area contributed by atoms with Crippen LogP contribution in [-0.4, -0.2) is 33.6 Å². The van der Waals surface area contributed by atoms with Gasteiger partial charge < -0.3 is 10.1 Å². The summed E-state index contributed by atoms with van der Waals surface area (Å²) in [5.74, 6) is 0.919. The van der Waals surface area contributed by atoms with Crippen LogP contribution in [0.2, 0.25) is 0 Å². The predicted molar refractivity (Wildman–Crippen MR) is 70.5 cm³/mol. The first-order valence-electron chi connectivity index (χ1n) is 5.40. The fourth-order valence-electron chi connectivity index (χ4n) is 1.69. The van der Waals surface area contributed by atoms with Crippen LogP contribution < -0.4 is 10.1 Å². The molecule has 4 nitrogen and oxygen atoms in total. The molecular formula is C12H19NO3S. The van der Waals surface area contributed by atoms with Crippen molar-refractivity contribution in [2.24, 2.45) is 0 Å². The molecule has 0 aliphatic rings. The van der Waals surface area contributed by atoms with Crippen molar-refractivity contribution in [3.63, 3.8) is 0 Å². The summed E-state index contributed by atoms with van der Waals surface area (Å²) in [5, 5.41) is 3.18. The zero-order valence-electron chi connectivity index (χ0n) is 10.6. The lowest BCUT2D eigenvalue weighted by Gasteiger charge is -2.16. The van der Waals surface area contributed by atoms with Crippen molar-refractivity contribution in [3.05, 3.63) is 23.8 Å². The summed E-state index contributed by atoms with van der Waals surface area (Å²) in [6, 6.07) is 5.54. The van der Waals surface area contributed by atoms with Crippen LogP contribution in [0.3, 0.4) is 0 Å². The van der Waals surface area contributed by atoms with Gasteiger partial charge in [0.05, 0.1) is 12.9 Å². The van der Waals surface area contributed by atoms with E-state index >= 15 is 0 Å². The van der Waals surface area contributed by atoms with Crippen LogP contribution in [0.1, 0.15) is 12.5 Å². The fourth-order valence-corrected chi connectivity index (χ4v) is 2.68. The number of nitrogens with one attached hydrogen (secondary N) is 1. The van der Waals surface area contributed by atoms with Gasteiger partial charge >= 0.3 is 0 Å². The lowest BCUT2D eigenvalue weighted by Crippen LogP contribution is -2.25. The number of ether oxygens (including phenoxy) is 1. The number of rotatable bonds is 5. The number of sulfone groups is 1. The van der Waals surface area contributed by atoms with Gasteiger partial charge in [0.25, 0.3) is 0 Å². The van der Waals surface area contributed by atoms with Gasteiger partial charge in [0.15, 0.2) is 0 Å². The van der Waals surface area contributed by atoms with E-state index < -0.39 is 9.84 Å². The molecule has 0 bridgehead atoms. The molecule has 96 valence electrons. The van der Waals surface area contributed by atoms with Crippen molar-refractivity contribution in [1.29, 1.82) is 0 Å². The van der Waals surface area contributed by atoms with E-state index in [4.69, 9.17) is 4.74 Å². The molecular weight excluding hydrogens is 238 g/mol. The van der Waals surface area contributed by atoms with E-state index in [1.807, 2.05) is 32.0 Å². The predicted octanol–water partition coefficient (Wildman–Crippen LogP) is 1.85. The minimum Gasteiger partial charge on any atom is -0.497 e. The molecule has 1 atom stereocenters. The van der Waals surface area contributed by atoms with Crippen LogP contribution in [-0.2, 0) is 9.84 Å². The molecule has 1 aromatic rings. The Balaban J connectivity index is 2.75. The molecule has 0 spiro atoms. The first kappa shape index (κ1) is 13.8. The monoisotopic (exact) mass is 257 g/mol. The maximum atomic E-state index is 11.2. The Kier molecular flexibility index (Phi) is 4.40. The smallest absolute Gasteiger partial charge is 0.149 e. The molecule has 1 N–H and O–H groups in total. The zero-order chi connectivity index (χ0) is 13.1. The van der Waals surface area contributed by atoms with Crippen molar-refractivity contribution in [1.82, 2.24) is 0 Å². The van der Waals surface area contributed by atoms with Crippen molar-refractivity contribution >= 4 is 15.5 Å². The van der Waals surface area contributed by atoms with Gasteiger partial charge in [-0.3, -0.25) is 0 Å². The van der Waals surface area contributed by atoms with Gasteiger partial charge in [-0.25, -0.2) is 8.42 Å². The highest BCUT2D eigenvalue weighted by atomic mass is 32.2. The Morgan fingerprint density at radius 1 is 1.41 bits per heavy atom. The number of benzene rings is 1. The van der Waals surface area contributed by atoms with Crippen LogP contribution in [0, 0.1) is 6.92 Å². The van der Waals surface area contributed by atoms with Crippen LogP contribution in [0.5, 0.6) is 5.75 Å². The lowest BCUT2D eigenvalue weighted by atomic mass is 10.2. The second-order valence-corrected chi connectivity index (χ2v) is 6.50. The quantitative estimate of drug-likeness (QED) is 0.874. The summed E-state index contributed by atoms with van der Waals surface area (Å²) in [6.45, 7) is 3.81. The van der Waals surface area contributed by atoms with E-state index in [1.54, 1.807) is 7.11 Å². The molecule has 0 heterocycles. The fraction of sp³-hybridized carbons (Fsp3) is 0.500. The zero-order valence-corrected chi connectivity index (χ0v) is 11.5. The van der Waals surface area contributed by atoms with Gasteiger partial charge in [-0.2, -0.15) is 0 Å². The minimum atomic E-state index is -2.96. The summed E-state index contributed by atoms with van der Waals surface area (Å²) >= 11 is 0. The lowest BCUT2D eigenvalue weighted by molar-refractivity contribution is 0.414. The first-order valence-corrected chi connectivity index (χ1v) is 7.47. The Hall–Kier alpha value is -1.23. The summed E-state index contributed by atoms with van der Waals surface area (Å²) in [5.41, 5.74) is 1.96. The SMILES string of the molecule is COc1ccc(NC(C)CS(C)(=O)=O)c(C)c1. The number of hydrogen-bond acceptors (Lipinski definition) is 4. The second kappa shape index (κ2) is 5.40. The molecule has 1 unspecified atom stereocenters. The van der Waals surface area contributed by atoms with Crippen LogP contribution >= 0.6 is 0 Å². The van der Waals surface area contributed by atoms with Crippen LogP contribution in [0.25, 0.3) is 0 Å². The Morgan fingerprint density at radius 3 is 2.53 bits per heavy atom. The summed E-state index contributed by atoms with van der Waals surface area (Å²) in [6.07, 6.45) is 1.24. The Morgan fingerprint density at radius 2 is 2.06 bits per heavy atom. The van der Waals surface area contributed by atoms with Crippen LogP contribution in [0.4, 0.5) is 5.69 Å². The van der Waals surface area contributed by atoms with Crippen LogP contribution in [0.15, 0.2) is 18.2 Å². The van der Waals surface area contributed by atoms with Gasteiger partial charge in [-0.15, -0.1) is 0 Å². The highest BCUT2D eigenvalue weighted by Crippen LogP contribution is 2.21. The molecule has 1 rings (SSSR count).